The lowest BCUT2D eigenvalue weighted by Gasteiger charge is -2.14. The molecule has 4 nitrogen and oxygen atoms in total. The predicted octanol–water partition coefficient (Wildman–Crippen LogP) is 7.51. The van der Waals surface area contributed by atoms with E-state index in [2.05, 4.69) is 10.1 Å². The molecular weight excluding hydrogens is 474 g/mol. The molecule has 0 aliphatic carbocycles. The van der Waals surface area contributed by atoms with Crippen molar-refractivity contribution >= 4 is 17.3 Å². The Balaban J connectivity index is 1.90. The summed E-state index contributed by atoms with van der Waals surface area (Å²) in [5, 5.41) is 4.37. The Morgan fingerprint density at radius 2 is 1.61 bits per heavy atom. The number of hydrogen-bond donors (Lipinski definition) is 0. The third-order valence-corrected chi connectivity index (χ3v) is 4.51. The summed E-state index contributed by atoms with van der Waals surface area (Å²) in [6.07, 6.45) is -8.82. The van der Waals surface area contributed by atoms with Crippen molar-refractivity contribution in [3.63, 3.8) is 0 Å². The number of pyridine rings is 1. The average Bonchev–Trinajstić information content (AvgIpc) is 2.74. The zero-order valence-corrected chi connectivity index (χ0v) is 17.6. The molecule has 0 bridgehead atoms. The van der Waals surface area contributed by atoms with E-state index in [4.69, 9.17) is 21.2 Å². The van der Waals surface area contributed by atoms with E-state index in [9.17, 15) is 26.3 Å². The largest absolute Gasteiger partial charge is 0.455 e. The molecule has 3 aromatic rings. The summed E-state index contributed by atoms with van der Waals surface area (Å²) in [5.41, 5.74) is -1.49. The molecule has 1 aromatic heterocycles. The van der Waals surface area contributed by atoms with Gasteiger partial charge in [0.25, 0.3) is 0 Å². The molecule has 0 amide bonds. The van der Waals surface area contributed by atoms with Crippen molar-refractivity contribution in [1.82, 2.24) is 4.98 Å². The van der Waals surface area contributed by atoms with Gasteiger partial charge in [-0.2, -0.15) is 26.3 Å². The van der Waals surface area contributed by atoms with Gasteiger partial charge in [0.05, 0.1) is 11.1 Å². The zero-order valence-electron chi connectivity index (χ0n) is 16.8. The van der Waals surface area contributed by atoms with Crippen LogP contribution in [0.5, 0.6) is 11.5 Å². The van der Waals surface area contributed by atoms with Gasteiger partial charge >= 0.3 is 12.4 Å². The minimum atomic E-state index is -4.74. The highest BCUT2D eigenvalue weighted by Gasteiger charge is 2.33. The van der Waals surface area contributed by atoms with E-state index >= 15 is 0 Å². The highest BCUT2D eigenvalue weighted by atomic mass is 35.5. The van der Waals surface area contributed by atoms with E-state index < -0.39 is 29.2 Å². The van der Waals surface area contributed by atoms with Crippen LogP contribution in [0.15, 0.2) is 65.9 Å². The molecular formula is C22H15ClF6N2O2. The van der Waals surface area contributed by atoms with Crippen LogP contribution in [0, 0.1) is 0 Å². The number of rotatable bonds is 6. The van der Waals surface area contributed by atoms with Gasteiger partial charge in [-0.3, -0.25) is 4.98 Å². The Morgan fingerprint density at radius 3 is 2.24 bits per heavy atom. The molecule has 174 valence electrons. The van der Waals surface area contributed by atoms with Crippen LogP contribution >= 0.6 is 11.6 Å². The van der Waals surface area contributed by atoms with Gasteiger partial charge in [0.15, 0.2) is 5.75 Å². The van der Waals surface area contributed by atoms with Crippen molar-refractivity contribution in [2.75, 3.05) is 0 Å². The monoisotopic (exact) mass is 488 g/mol. The Labute approximate surface area is 189 Å². The second-order valence-corrected chi connectivity index (χ2v) is 7.21. The molecule has 0 spiro atoms. The Morgan fingerprint density at radius 1 is 0.939 bits per heavy atom. The maximum Gasteiger partial charge on any atom is 0.418 e. The summed E-state index contributed by atoms with van der Waals surface area (Å²) in [6.45, 7) is 1.45. The van der Waals surface area contributed by atoms with E-state index in [1.54, 1.807) is 24.3 Å². The molecule has 0 atom stereocenters. The summed E-state index contributed by atoms with van der Waals surface area (Å²) in [5.74, 6) is -0.748. The molecule has 33 heavy (non-hydrogen) atoms. The molecule has 11 heteroatoms. The van der Waals surface area contributed by atoms with Crippen LogP contribution in [0.25, 0.3) is 0 Å². The fraction of sp³-hybridized carbons (Fsp3) is 0.182. The maximum atomic E-state index is 13.2. The number of nitrogens with zero attached hydrogens (tertiary/aromatic N) is 2. The van der Waals surface area contributed by atoms with Gasteiger partial charge in [-0.25, -0.2) is 0 Å². The van der Waals surface area contributed by atoms with Crippen molar-refractivity contribution in [1.29, 1.82) is 0 Å². The lowest BCUT2D eigenvalue weighted by molar-refractivity contribution is -0.138. The van der Waals surface area contributed by atoms with Gasteiger partial charge in [0.1, 0.15) is 23.8 Å². The number of aromatic nitrogens is 1. The summed E-state index contributed by atoms with van der Waals surface area (Å²) < 4.78 is 83.8. The first-order chi connectivity index (χ1) is 15.4. The molecule has 0 aliphatic heterocycles. The smallest absolute Gasteiger partial charge is 0.418 e. The Hall–Kier alpha value is -3.27. The quantitative estimate of drug-likeness (QED) is 0.205. The molecule has 3 rings (SSSR count). The van der Waals surface area contributed by atoms with Crippen LogP contribution in [-0.4, -0.2) is 10.7 Å². The molecule has 1 heterocycles. The standard InChI is InChI=1S/C22H15ClF6N2O2/c1-13(31-32-12-14-5-7-17(23)8-6-14)20-19(10-16(11-30-20)22(27,28)29)33-18-4-2-3-15(9-18)21(24,25)26/h2-11H,12H2,1H3. The highest BCUT2D eigenvalue weighted by molar-refractivity contribution is 6.30. The lowest BCUT2D eigenvalue weighted by Crippen LogP contribution is -2.10. The number of alkyl halides is 6. The zero-order chi connectivity index (χ0) is 24.2. The van der Waals surface area contributed by atoms with Gasteiger partial charge < -0.3 is 9.57 Å². The summed E-state index contributed by atoms with van der Waals surface area (Å²) in [4.78, 5) is 8.97. The van der Waals surface area contributed by atoms with Crippen LogP contribution in [-0.2, 0) is 23.8 Å². The van der Waals surface area contributed by atoms with Gasteiger partial charge in [0.2, 0.25) is 0 Å². The second-order valence-electron chi connectivity index (χ2n) is 6.77. The number of halogens is 7. The number of ether oxygens (including phenoxy) is 1. The number of oxime groups is 1. The predicted molar refractivity (Wildman–Crippen MR) is 109 cm³/mol. The Bertz CT molecular complexity index is 1140. The average molecular weight is 489 g/mol. The molecule has 0 saturated carbocycles. The first kappa shape index (κ1) is 24.4. The number of benzene rings is 2. The topological polar surface area (TPSA) is 43.7 Å². The van der Waals surface area contributed by atoms with Gasteiger partial charge in [-0.05, 0) is 48.9 Å². The van der Waals surface area contributed by atoms with E-state index in [0.717, 1.165) is 17.7 Å². The SMILES string of the molecule is CC(=NOCc1ccc(Cl)cc1)c1ncc(C(F)(F)F)cc1Oc1cccc(C(F)(F)F)c1. The normalized spacial score (nSPS) is 12.5. The molecule has 0 aliphatic rings. The fourth-order valence-electron chi connectivity index (χ4n) is 2.64. The third-order valence-electron chi connectivity index (χ3n) is 4.26. The van der Waals surface area contributed by atoms with E-state index in [0.29, 0.717) is 23.4 Å². The summed E-state index contributed by atoms with van der Waals surface area (Å²) in [7, 11) is 0. The molecule has 0 fully saturated rings. The van der Waals surface area contributed by atoms with Crippen LogP contribution in [0.4, 0.5) is 26.3 Å². The van der Waals surface area contributed by atoms with E-state index in [-0.39, 0.29) is 23.8 Å². The Kier molecular flexibility index (Phi) is 7.16. The van der Waals surface area contributed by atoms with E-state index in [1.165, 1.54) is 13.0 Å². The highest BCUT2D eigenvalue weighted by Crippen LogP contribution is 2.36. The minimum absolute atomic E-state index is 0.0406. The second kappa shape index (κ2) is 9.70. The van der Waals surface area contributed by atoms with Crippen molar-refractivity contribution in [2.24, 2.45) is 5.16 Å². The van der Waals surface area contributed by atoms with Crippen LogP contribution in [0.1, 0.15) is 29.3 Å². The first-order valence-corrected chi connectivity index (χ1v) is 9.65. The first-order valence-electron chi connectivity index (χ1n) is 9.27. The van der Waals surface area contributed by atoms with E-state index in [1.807, 2.05) is 0 Å². The molecule has 0 radical (unpaired) electrons. The van der Waals surface area contributed by atoms with Gasteiger partial charge in [-0.1, -0.05) is 35.0 Å². The lowest BCUT2D eigenvalue weighted by atomic mass is 10.1. The van der Waals surface area contributed by atoms with Gasteiger partial charge in [0, 0.05) is 11.2 Å². The molecule has 0 N–H and O–H groups in total. The van der Waals surface area contributed by atoms with Crippen LogP contribution in [0.2, 0.25) is 5.02 Å². The maximum absolute atomic E-state index is 13.2. The van der Waals surface area contributed by atoms with Gasteiger partial charge in [-0.15, -0.1) is 0 Å². The van der Waals surface area contributed by atoms with Crippen molar-refractivity contribution < 1.29 is 35.9 Å². The van der Waals surface area contributed by atoms with Crippen molar-refractivity contribution in [2.45, 2.75) is 25.9 Å². The molecule has 0 saturated heterocycles. The summed E-state index contributed by atoms with van der Waals surface area (Å²) in [6, 6.07) is 11.1. The third kappa shape index (κ3) is 6.61. The fourth-order valence-corrected chi connectivity index (χ4v) is 2.77. The van der Waals surface area contributed by atoms with Crippen molar-refractivity contribution in [3.05, 3.63) is 88.2 Å². The minimum Gasteiger partial charge on any atom is -0.455 e. The van der Waals surface area contributed by atoms with Crippen LogP contribution < -0.4 is 4.74 Å². The molecule has 0 unspecified atom stereocenters. The van der Waals surface area contributed by atoms with Crippen LogP contribution in [0.3, 0.4) is 0 Å². The number of hydrogen-bond acceptors (Lipinski definition) is 4. The van der Waals surface area contributed by atoms with Crippen molar-refractivity contribution in [3.8, 4) is 11.5 Å². The summed E-state index contributed by atoms with van der Waals surface area (Å²) >= 11 is 5.81. The molecule has 2 aromatic carbocycles.